The summed E-state index contributed by atoms with van der Waals surface area (Å²) >= 11 is 9.49. The second-order valence-corrected chi connectivity index (χ2v) is 9.26. The molecule has 0 spiro atoms. The molecular formula is C24H27BrClN5O3. The largest absolute Gasteiger partial charge is 0.492 e. The van der Waals surface area contributed by atoms with Crippen molar-refractivity contribution in [3.63, 3.8) is 0 Å². The average molecular weight is 549 g/mol. The van der Waals surface area contributed by atoms with Crippen molar-refractivity contribution in [3.8, 4) is 17.0 Å². The molecule has 2 aromatic carbocycles. The van der Waals surface area contributed by atoms with Crippen molar-refractivity contribution in [2.24, 2.45) is 7.05 Å². The maximum Gasteiger partial charge on any atom is 0.323 e. The maximum atomic E-state index is 12.5. The molecule has 10 heteroatoms. The monoisotopic (exact) mass is 547 g/mol. The van der Waals surface area contributed by atoms with Crippen LogP contribution in [-0.2, 0) is 11.8 Å². The normalized spacial score (nSPS) is 14.4. The van der Waals surface area contributed by atoms with Crippen LogP contribution in [0.2, 0.25) is 5.02 Å². The van der Waals surface area contributed by atoms with Gasteiger partial charge < -0.3 is 20.1 Å². The highest BCUT2D eigenvalue weighted by Gasteiger charge is 2.17. The van der Waals surface area contributed by atoms with Crippen molar-refractivity contribution in [2.45, 2.75) is 12.8 Å². The summed E-state index contributed by atoms with van der Waals surface area (Å²) in [7, 11) is 1.87. The number of hydrogen-bond donors (Lipinski definition) is 2. The van der Waals surface area contributed by atoms with Gasteiger partial charge in [0.15, 0.2) is 0 Å². The molecule has 3 aromatic rings. The summed E-state index contributed by atoms with van der Waals surface area (Å²) in [5, 5.41) is 10.6. The predicted octanol–water partition coefficient (Wildman–Crippen LogP) is 5.60. The van der Waals surface area contributed by atoms with E-state index in [-0.39, 0.29) is 6.03 Å². The molecule has 0 unspecified atom stereocenters. The van der Waals surface area contributed by atoms with Crippen LogP contribution in [-0.4, -0.2) is 53.7 Å². The number of amides is 2. The second-order valence-electron chi connectivity index (χ2n) is 7.97. The number of aryl methyl sites for hydroxylation is 1. The van der Waals surface area contributed by atoms with Crippen LogP contribution < -0.4 is 15.4 Å². The Labute approximate surface area is 212 Å². The first kappa shape index (κ1) is 24.5. The molecule has 0 radical (unpaired) electrons. The molecule has 0 atom stereocenters. The third-order valence-corrected chi connectivity index (χ3v) is 6.27. The van der Waals surface area contributed by atoms with E-state index in [1.165, 1.54) is 0 Å². The van der Waals surface area contributed by atoms with Crippen molar-refractivity contribution in [2.75, 3.05) is 43.7 Å². The van der Waals surface area contributed by atoms with E-state index in [1.54, 1.807) is 35.1 Å². The molecule has 0 bridgehead atoms. The number of carbonyl (C=O) groups excluding carboxylic acids is 1. The molecule has 1 fully saturated rings. The van der Waals surface area contributed by atoms with E-state index in [4.69, 9.17) is 21.1 Å². The number of ether oxygens (including phenoxy) is 2. The zero-order valence-corrected chi connectivity index (χ0v) is 21.2. The fraction of sp³-hybridized carbons (Fsp3) is 0.333. The number of urea groups is 1. The number of rotatable bonds is 7. The van der Waals surface area contributed by atoms with Crippen LogP contribution in [0.25, 0.3) is 11.3 Å². The van der Waals surface area contributed by atoms with Crippen LogP contribution in [0, 0.1) is 0 Å². The second kappa shape index (κ2) is 11.7. The standard InChI is InChI=1S/C24H27BrClN5O3/c1-30-23(21(25)15-27-30)20-14-19(29-24(32)28-18-6-4-17(26)5-7-18)8-9-22(20)34-13-11-31-10-2-3-12-33-16-31/h4-9,14-15H,2-3,10-13,16H2,1H3,(H2,28,29,32). The summed E-state index contributed by atoms with van der Waals surface area (Å²) in [5.74, 6) is 0.712. The fourth-order valence-corrected chi connectivity index (χ4v) is 4.41. The lowest BCUT2D eigenvalue weighted by Crippen LogP contribution is -2.30. The van der Waals surface area contributed by atoms with Crippen molar-refractivity contribution in [3.05, 3.63) is 58.2 Å². The lowest BCUT2D eigenvalue weighted by atomic mass is 10.1. The fourth-order valence-electron chi connectivity index (χ4n) is 3.72. The Hall–Kier alpha value is -2.59. The van der Waals surface area contributed by atoms with Crippen LogP contribution in [0.5, 0.6) is 5.75 Å². The van der Waals surface area contributed by atoms with Gasteiger partial charge in [0.2, 0.25) is 0 Å². The number of benzene rings is 2. The third-order valence-electron chi connectivity index (χ3n) is 5.44. The summed E-state index contributed by atoms with van der Waals surface area (Å²) in [6.45, 7) is 3.76. The molecule has 1 aliphatic rings. The Morgan fingerprint density at radius 1 is 1.18 bits per heavy atom. The van der Waals surface area contributed by atoms with Crippen LogP contribution >= 0.6 is 27.5 Å². The minimum Gasteiger partial charge on any atom is -0.492 e. The topological polar surface area (TPSA) is 80.7 Å². The molecule has 180 valence electrons. The van der Waals surface area contributed by atoms with Gasteiger partial charge in [0.05, 0.1) is 23.1 Å². The highest BCUT2D eigenvalue weighted by atomic mass is 79.9. The zero-order chi connectivity index (χ0) is 23.9. The summed E-state index contributed by atoms with van der Waals surface area (Å²) < 4.78 is 14.4. The average Bonchev–Trinajstić information content (AvgIpc) is 2.99. The van der Waals surface area contributed by atoms with Gasteiger partial charge in [-0.05, 0) is 71.2 Å². The first-order chi connectivity index (χ1) is 16.5. The number of nitrogens with zero attached hydrogens (tertiary/aromatic N) is 3. The van der Waals surface area contributed by atoms with Gasteiger partial charge in [-0.15, -0.1) is 0 Å². The molecular weight excluding hydrogens is 522 g/mol. The Morgan fingerprint density at radius 2 is 1.94 bits per heavy atom. The van der Waals surface area contributed by atoms with E-state index < -0.39 is 0 Å². The van der Waals surface area contributed by atoms with Gasteiger partial charge in [-0.3, -0.25) is 9.58 Å². The minimum atomic E-state index is -0.354. The van der Waals surface area contributed by atoms with E-state index in [2.05, 4.69) is 36.6 Å². The lowest BCUT2D eigenvalue weighted by Gasteiger charge is -2.20. The van der Waals surface area contributed by atoms with E-state index in [0.29, 0.717) is 35.5 Å². The van der Waals surface area contributed by atoms with E-state index >= 15 is 0 Å². The Balaban J connectivity index is 1.48. The number of nitrogens with one attached hydrogen (secondary N) is 2. The van der Waals surface area contributed by atoms with E-state index in [0.717, 1.165) is 48.3 Å². The molecule has 1 aliphatic heterocycles. The van der Waals surface area contributed by atoms with Crippen LogP contribution in [0.3, 0.4) is 0 Å². The van der Waals surface area contributed by atoms with Crippen molar-refractivity contribution >= 4 is 44.9 Å². The van der Waals surface area contributed by atoms with Gasteiger partial charge >= 0.3 is 6.03 Å². The van der Waals surface area contributed by atoms with E-state index in [1.807, 2.05) is 25.2 Å². The quantitative estimate of drug-likeness (QED) is 0.402. The maximum absolute atomic E-state index is 12.5. The van der Waals surface area contributed by atoms with Gasteiger partial charge in [0.25, 0.3) is 0 Å². The van der Waals surface area contributed by atoms with Crippen LogP contribution in [0.15, 0.2) is 53.1 Å². The molecule has 0 saturated carbocycles. The summed E-state index contributed by atoms with van der Waals surface area (Å²) in [6.07, 6.45) is 3.96. The first-order valence-electron chi connectivity index (χ1n) is 11.1. The highest BCUT2D eigenvalue weighted by molar-refractivity contribution is 9.10. The third kappa shape index (κ3) is 6.50. The Morgan fingerprint density at radius 3 is 2.71 bits per heavy atom. The van der Waals surface area contributed by atoms with Crippen LogP contribution in [0.1, 0.15) is 12.8 Å². The van der Waals surface area contributed by atoms with E-state index in [9.17, 15) is 4.79 Å². The van der Waals surface area contributed by atoms with Gasteiger partial charge in [-0.25, -0.2) is 4.79 Å². The number of hydrogen-bond acceptors (Lipinski definition) is 5. The predicted molar refractivity (Wildman–Crippen MR) is 138 cm³/mol. The molecule has 2 amide bonds. The molecule has 34 heavy (non-hydrogen) atoms. The summed E-state index contributed by atoms with van der Waals surface area (Å²) in [4.78, 5) is 14.8. The molecule has 1 aromatic heterocycles. The molecule has 2 N–H and O–H groups in total. The van der Waals surface area contributed by atoms with Gasteiger partial charge in [0, 0.05) is 48.7 Å². The van der Waals surface area contributed by atoms with Gasteiger partial charge in [-0.1, -0.05) is 11.6 Å². The van der Waals surface area contributed by atoms with Gasteiger partial charge in [-0.2, -0.15) is 5.10 Å². The lowest BCUT2D eigenvalue weighted by molar-refractivity contribution is 0.0428. The summed E-state index contributed by atoms with van der Waals surface area (Å²) in [6, 6.07) is 12.1. The molecule has 4 rings (SSSR count). The Kier molecular flexibility index (Phi) is 8.44. The van der Waals surface area contributed by atoms with Gasteiger partial charge in [0.1, 0.15) is 12.4 Å². The van der Waals surface area contributed by atoms with Crippen molar-refractivity contribution in [1.29, 1.82) is 0 Å². The molecule has 0 aliphatic carbocycles. The number of carbonyl (C=O) groups is 1. The van der Waals surface area contributed by atoms with Crippen LogP contribution in [0.4, 0.5) is 16.2 Å². The molecule has 1 saturated heterocycles. The van der Waals surface area contributed by atoms with Crippen molar-refractivity contribution in [1.82, 2.24) is 14.7 Å². The SMILES string of the molecule is Cn1ncc(Br)c1-c1cc(NC(=O)Nc2ccc(Cl)cc2)ccc1OCCN1CCCCOC1. The smallest absolute Gasteiger partial charge is 0.323 e. The van der Waals surface area contributed by atoms with Crippen molar-refractivity contribution < 1.29 is 14.3 Å². The minimum absolute atomic E-state index is 0.354. The number of anilines is 2. The zero-order valence-electron chi connectivity index (χ0n) is 18.9. The number of halogens is 2. The first-order valence-corrected chi connectivity index (χ1v) is 12.2. The molecule has 8 nitrogen and oxygen atoms in total. The summed E-state index contributed by atoms with van der Waals surface area (Å²) in [5.41, 5.74) is 2.95. The number of aromatic nitrogens is 2. The highest BCUT2D eigenvalue weighted by Crippen LogP contribution is 2.36. The Bertz CT molecular complexity index is 1090. The molecule has 2 heterocycles.